The van der Waals surface area contributed by atoms with Crippen molar-refractivity contribution in [1.29, 1.82) is 0 Å². The molecule has 0 saturated carbocycles. The van der Waals surface area contributed by atoms with Crippen LogP contribution in [0.2, 0.25) is 0 Å². The third-order valence-electron chi connectivity index (χ3n) is 6.14. The van der Waals surface area contributed by atoms with Gasteiger partial charge in [-0.15, -0.1) is 0 Å². The van der Waals surface area contributed by atoms with Gasteiger partial charge in [-0.3, -0.25) is 4.28 Å². The summed E-state index contributed by atoms with van der Waals surface area (Å²) in [4.78, 5) is 0. The Bertz CT molecular complexity index is 1310. The molecular formula is C27H29F2NO3S. The van der Waals surface area contributed by atoms with Gasteiger partial charge in [0.15, 0.2) is 5.71 Å². The summed E-state index contributed by atoms with van der Waals surface area (Å²) in [5, 5.41) is 5.03. The van der Waals surface area contributed by atoms with Gasteiger partial charge in [0.1, 0.15) is 5.75 Å². The van der Waals surface area contributed by atoms with Gasteiger partial charge < -0.3 is 0 Å². The summed E-state index contributed by atoms with van der Waals surface area (Å²) in [5.41, 5.74) is 3.54. The van der Waals surface area contributed by atoms with Crippen LogP contribution in [0.25, 0.3) is 10.8 Å². The molecular weight excluding hydrogens is 456 g/mol. The molecule has 34 heavy (non-hydrogen) atoms. The average molecular weight is 486 g/mol. The van der Waals surface area contributed by atoms with Crippen LogP contribution in [0.4, 0.5) is 8.78 Å². The molecule has 4 rings (SSSR count). The number of aryl methyl sites for hydroxylation is 3. The molecule has 180 valence electrons. The zero-order valence-electron chi connectivity index (χ0n) is 19.6. The first-order chi connectivity index (χ1) is 16.0. The second-order valence-corrected chi connectivity index (χ2v) is 11.6. The highest BCUT2D eigenvalue weighted by molar-refractivity contribution is 7.85. The Kier molecular flexibility index (Phi) is 6.76. The Morgan fingerprint density at radius 3 is 2.26 bits per heavy atom. The molecule has 3 aromatic rings. The lowest BCUT2D eigenvalue weighted by Gasteiger charge is -2.17. The van der Waals surface area contributed by atoms with E-state index in [4.69, 9.17) is 4.28 Å². The molecule has 0 amide bonds. The molecule has 0 N–H and O–H groups in total. The van der Waals surface area contributed by atoms with Gasteiger partial charge >= 0.3 is 10.1 Å². The number of benzene rings is 3. The number of oxime groups is 1. The lowest BCUT2D eigenvalue weighted by molar-refractivity contribution is 0.219. The van der Waals surface area contributed by atoms with Crippen LogP contribution >= 0.6 is 0 Å². The normalized spacial score (nSPS) is 14.2. The highest BCUT2D eigenvalue weighted by atomic mass is 32.2. The van der Waals surface area contributed by atoms with E-state index in [0.29, 0.717) is 10.9 Å². The van der Waals surface area contributed by atoms with Crippen molar-refractivity contribution in [3.05, 3.63) is 82.4 Å². The van der Waals surface area contributed by atoms with Crippen LogP contribution in [0, 0.1) is 5.41 Å². The summed E-state index contributed by atoms with van der Waals surface area (Å²) in [6.45, 7) is 6.51. The topological polar surface area (TPSA) is 55.7 Å². The maximum atomic E-state index is 13.9. The van der Waals surface area contributed by atoms with E-state index in [-0.39, 0.29) is 11.0 Å². The molecule has 4 nitrogen and oxygen atoms in total. The zero-order chi connectivity index (χ0) is 24.5. The van der Waals surface area contributed by atoms with Gasteiger partial charge in [-0.1, -0.05) is 80.5 Å². The highest BCUT2D eigenvalue weighted by Crippen LogP contribution is 2.33. The Labute approximate surface area is 199 Å². The van der Waals surface area contributed by atoms with Crippen LogP contribution in [0.1, 0.15) is 55.0 Å². The predicted molar refractivity (Wildman–Crippen MR) is 132 cm³/mol. The maximum Gasteiger partial charge on any atom is 0.332 e. The van der Waals surface area contributed by atoms with Crippen LogP contribution in [0.3, 0.4) is 0 Å². The van der Waals surface area contributed by atoms with Crippen LogP contribution < -0.4 is 0 Å². The van der Waals surface area contributed by atoms with Crippen molar-refractivity contribution in [3.63, 3.8) is 0 Å². The quantitative estimate of drug-likeness (QED) is 0.273. The van der Waals surface area contributed by atoms with E-state index in [1.165, 1.54) is 0 Å². The molecule has 0 radical (unpaired) electrons. The summed E-state index contributed by atoms with van der Waals surface area (Å²) in [6, 6.07) is 16.2. The summed E-state index contributed by atoms with van der Waals surface area (Å²) < 4.78 is 57.6. The Balaban J connectivity index is 1.53. The average Bonchev–Trinajstić information content (AvgIpc) is 3.18. The number of hydrogen-bond donors (Lipinski definition) is 0. The number of nitrogens with zero attached hydrogens (tertiary/aromatic N) is 1. The number of rotatable bonds is 8. The molecule has 0 saturated heterocycles. The van der Waals surface area contributed by atoms with Gasteiger partial charge in [0.05, 0.1) is 0 Å². The molecule has 0 unspecified atom stereocenters. The van der Waals surface area contributed by atoms with E-state index >= 15 is 0 Å². The van der Waals surface area contributed by atoms with Crippen molar-refractivity contribution in [1.82, 2.24) is 0 Å². The lowest BCUT2D eigenvalue weighted by Crippen LogP contribution is -2.15. The fourth-order valence-corrected chi connectivity index (χ4v) is 5.17. The van der Waals surface area contributed by atoms with Crippen LogP contribution in [-0.2, 0) is 39.4 Å². The first-order valence-corrected chi connectivity index (χ1v) is 13.0. The summed E-state index contributed by atoms with van der Waals surface area (Å²) in [7, 11) is -4.20. The predicted octanol–water partition coefficient (Wildman–Crippen LogP) is 6.43. The fourth-order valence-electron chi connectivity index (χ4n) is 4.33. The maximum absolute atomic E-state index is 13.9. The second kappa shape index (κ2) is 9.45. The smallest absolute Gasteiger partial charge is 0.268 e. The van der Waals surface area contributed by atoms with E-state index in [1.54, 1.807) is 24.3 Å². The van der Waals surface area contributed by atoms with Gasteiger partial charge in [-0.05, 0) is 64.1 Å². The van der Waals surface area contributed by atoms with Crippen molar-refractivity contribution in [2.75, 3.05) is 0 Å². The van der Waals surface area contributed by atoms with Crippen LogP contribution in [0.15, 0.2) is 59.8 Å². The van der Waals surface area contributed by atoms with Crippen LogP contribution in [0.5, 0.6) is 0 Å². The standard InChI is InChI=1S/C27H29F2NO3S/c1-27(2,3)16-15-18-7-9-19(10-8-18)17-34(31,32)33-30-25(26(28)29)23-14-13-21-12-11-20-5-4-6-22(23)24(20)21/h4-10,13-14,26H,11-12,15-17H2,1-3H3/b30-25-. The summed E-state index contributed by atoms with van der Waals surface area (Å²) in [5.74, 6) is -0.448. The van der Waals surface area contributed by atoms with Gasteiger partial charge in [-0.2, -0.15) is 8.42 Å². The minimum atomic E-state index is -4.20. The molecule has 0 atom stereocenters. The molecule has 0 aliphatic heterocycles. The van der Waals surface area contributed by atoms with Gasteiger partial charge in [0, 0.05) is 5.56 Å². The number of halogens is 2. The van der Waals surface area contributed by atoms with E-state index in [9.17, 15) is 17.2 Å². The Morgan fingerprint density at radius 2 is 1.62 bits per heavy atom. The summed E-state index contributed by atoms with van der Waals surface area (Å²) >= 11 is 0. The lowest BCUT2D eigenvalue weighted by atomic mass is 9.88. The Morgan fingerprint density at radius 1 is 0.971 bits per heavy atom. The van der Waals surface area contributed by atoms with Crippen molar-refractivity contribution in [2.45, 2.75) is 58.6 Å². The first-order valence-electron chi connectivity index (χ1n) is 11.4. The minimum absolute atomic E-state index is 0.191. The van der Waals surface area contributed by atoms with Gasteiger partial charge in [0.2, 0.25) is 0 Å². The SMILES string of the molecule is CC(C)(C)CCc1ccc(CS(=O)(=O)O/N=C(/c2ccc3c4c(cccc24)CC3)C(F)F)cc1. The second-order valence-electron chi connectivity index (χ2n) is 10.0. The largest absolute Gasteiger partial charge is 0.332 e. The first kappa shape index (κ1) is 24.3. The van der Waals surface area contributed by atoms with Crippen molar-refractivity contribution in [2.24, 2.45) is 10.6 Å². The molecule has 0 fully saturated rings. The van der Waals surface area contributed by atoms with E-state index in [1.807, 2.05) is 30.3 Å². The number of hydrogen-bond acceptors (Lipinski definition) is 4. The number of alkyl halides is 2. The summed E-state index contributed by atoms with van der Waals surface area (Å²) in [6.07, 6.45) is 0.629. The van der Waals surface area contributed by atoms with Gasteiger partial charge in [0.25, 0.3) is 6.43 Å². The Hall–Kier alpha value is -2.80. The molecule has 0 spiro atoms. The van der Waals surface area contributed by atoms with E-state index in [0.717, 1.165) is 47.8 Å². The van der Waals surface area contributed by atoms with Crippen molar-refractivity contribution in [3.8, 4) is 0 Å². The fraction of sp³-hybridized carbons (Fsp3) is 0.370. The van der Waals surface area contributed by atoms with E-state index < -0.39 is 28.0 Å². The molecule has 3 aromatic carbocycles. The monoisotopic (exact) mass is 485 g/mol. The van der Waals surface area contributed by atoms with E-state index in [2.05, 4.69) is 25.9 Å². The zero-order valence-corrected chi connectivity index (χ0v) is 20.5. The molecule has 0 bridgehead atoms. The molecule has 7 heteroatoms. The minimum Gasteiger partial charge on any atom is -0.268 e. The third kappa shape index (κ3) is 5.63. The highest BCUT2D eigenvalue weighted by Gasteiger charge is 2.24. The van der Waals surface area contributed by atoms with Gasteiger partial charge in [-0.25, -0.2) is 8.78 Å². The molecule has 0 heterocycles. The molecule has 1 aliphatic carbocycles. The molecule has 0 aromatic heterocycles. The van der Waals surface area contributed by atoms with Crippen LogP contribution in [-0.4, -0.2) is 20.6 Å². The molecule has 1 aliphatic rings. The van der Waals surface area contributed by atoms with Crippen molar-refractivity contribution >= 4 is 26.6 Å². The van der Waals surface area contributed by atoms with Crippen molar-refractivity contribution < 1.29 is 21.5 Å². The third-order valence-corrected chi connectivity index (χ3v) is 7.13.